The van der Waals surface area contributed by atoms with Crippen molar-refractivity contribution in [1.29, 1.82) is 0 Å². The average Bonchev–Trinajstić information content (AvgIpc) is 1.84. The Hall–Kier alpha value is -0.570. The van der Waals surface area contributed by atoms with Crippen LogP contribution in [0, 0.1) is 0 Å². The molecule has 0 atom stereocenters. The van der Waals surface area contributed by atoms with E-state index in [1.165, 1.54) is 5.01 Å². The molecule has 0 aliphatic carbocycles. The van der Waals surface area contributed by atoms with Crippen molar-refractivity contribution in [2.45, 2.75) is 33.2 Å². The lowest BCUT2D eigenvalue weighted by Gasteiger charge is -2.19. The van der Waals surface area contributed by atoms with Crippen molar-refractivity contribution in [3.05, 3.63) is 0 Å². The molecule has 0 aromatic heterocycles. The summed E-state index contributed by atoms with van der Waals surface area (Å²) in [6.07, 6.45) is 0.481. The smallest absolute Gasteiger partial charge is 0.236 e. The molecule has 0 aliphatic rings. The Bertz CT molecular complexity index is 101. The molecule has 0 saturated carbocycles. The van der Waals surface area contributed by atoms with E-state index < -0.39 is 0 Å². The molecule has 0 rings (SSSR count). The van der Waals surface area contributed by atoms with Gasteiger partial charge < -0.3 is 0 Å². The van der Waals surface area contributed by atoms with Crippen LogP contribution in [-0.2, 0) is 4.79 Å². The maximum absolute atomic E-state index is 10.8. The summed E-state index contributed by atoms with van der Waals surface area (Å²) in [6.45, 7) is 5.56. The topological polar surface area (TPSA) is 46.3 Å². The van der Waals surface area contributed by atoms with Crippen LogP contribution in [0.25, 0.3) is 0 Å². The first-order valence-electron chi connectivity index (χ1n) is 3.16. The lowest BCUT2D eigenvalue weighted by atomic mass is 10.3. The summed E-state index contributed by atoms with van der Waals surface area (Å²) in [4.78, 5) is 10.8. The van der Waals surface area contributed by atoms with Gasteiger partial charge in [-0.2, -0.15) is 0 Å². The zero-order valence-corrected chi connectivity index (χ0v) is 6.22. The second-order valence-corrected chi connectivity index (χ2v) is 2.25. The summed E-state index contributed by atoms with van der Waals surface area (Å²) in [6, 6.07) is 0.109. The average molecular weight is 130 g/mol. The van der Waals surface area contributed by atoms with Gasteiger partial charge in [0.15, 0.2) is 0 Å². The maximum atomic E-state index is 10.8. The summed E-state index contributed by atoms with van der Waals surface area (Å²) in [7, 11) is 0. The van der Waals surface area contributed by atoms with Crippen molar-refractivity contribution in [2.24, 2.45) is 5.84 Å². The highest BCUT2D eigenvalue weighted by Crippen LogP contribution is 1.92. The van der Waals surface area contributed by atoms with E-state index in [9.17, 15) is 4.79 Å². The highest BCUT2D eigenvalue weighted by atomic mass is 16.2. The summed E-state index contributed by atoms with van der Waals surface area (Å²) in [5, 5.41) is 1.25. The molecule has 1 amide bonds. The highest BCUT2D eigenvalue weighted by molar-refractivity contribution is 5.75. The molecule has 9 heavy (non-hydrogen) atoms. The Balaban J connectivity index is 3.72. The lowest BCUT2D eigenvalue weighted by molar-refractivity contribution is -0.132. The van der Waals surface area contributed by atoms with Gasteiger partial charge in [-0.15, -0.1) is 0 Å². The molecular formula is C6H14N2O. The molecule has 2 N–H and O–H groups in total. The van der Waals surface area contributed by atoms with E-state index in [1.54, 1.807) is 6.92 Å². The van der Waals surface area contributed by atoms with Crippen molar-refractivity contribution >= 4 is 5.91 Å². The largest absolute Gasteiger partial charge is 0.278 e. The van der Waals surface area contributed by atoms with Gasteiger partial charge in [0.25, 0.3) is 0 Å². The molecule has 54 valence electrons. The highest BCUT2D eigenvalue weighted by Gasteiger charge is 2.08. The third kappa shape index (κ3) is 2.46. The normalized spacial score (nSPS) is 9.89. The van der Waals surface area contributed by atoms with Crippen LogP contribution in [0.4, 0.5) is 0 Å². The van der Waals surface area contributed by atoms with Crippen molar-refractivity contribution in [3.8, 4) is 0 Å². The number of carbonyl (C=O) groups is 1. The number of hydrogen-bond donors (Lipinski definition) is 1. The number of amides is 1. The van der Waals surface area contributed by atoms with Crippen LogP contribution in [-0.4, -0.2) is 17.0 Å². The van der Waals surface area contributed by atoms with Crippen molar-refractivity contribution in [2.75, 3.05) is 0 Å². The standard InChI is InChI=1S/C6H14N2O/c1-4-6(9)8(7)5(2)3/h5H,4,7H2,1-3H3. The number of nitrogens with two attached hydrogens (primary N) is 1. The first kappa shape index (κ1) is 8.43. The maximum Gasteiger partial charge on any atom is 0.236 e. The monoisotopic (exact) mass is 130 g/mol. The molecule has 3 heteroatoms. The first-order chi connectivity index (χ1) is 4.09. The summed E-state index contributed by atoms with van der Waals surface area (Å²) in [5.41, 5.74) is 0. The summed E-state index contributed by atoms with van der Waals surface area (Å²) >= 11 is 0. The van der Waals surface area contributed by atoms with Crippen LogP contribution in [0.3, 0.4) is 0 Å². The van der Waals surface area contributed by atoms with E-state index in [2.05, 4.69) is 0 Å². The zero-order valence-electron chi connectivity index (χ0n) is 6.22. The summed E-state index contributed by atoms with van der Waals surface area (Å²) in [5.74, 6) is 5.35. The van der Waals surface area contributed by atoms with E-state index in [0.717, 1.165) is 0 Å². The third-order valence-electron chi connectivity index (χ3n) is 1.15. The van der Waals surface area contributed by atoms with Crippen LogP contribution in [0.1, 0.15) is 27.2 Å². The minimum Gasteiger partial charge on any atom is -0.278 e. The van der Waals surface area contributed by atoms with Crippen LogP contribution in [0.5, 0.6) is 0 Å². The minimum atomic E-state index is -0.00926. The van der Waals surface area contributed by atoms with Gasteiger partial charge in [0.05, 0.1) is 0 Å². The Morgan fingerprint density at radius 3 is 2.22 bits per heavy atom. The predicted molar refractivity (Wildman–Crippen MR) is 36.5 cm³/mol. The fourth-order valence-electron chi connectivity index (χ4n) is 0.471. The molecule has 0 aromatic carbocycles. The molecule has 3 nitrogen and oxygen atoms in total. The Kier molecular flexibility index (Phi) is 3.24. The van der Waals surface area contributed by atoms with Crippen LogP contribution >= 0.6 is 0 Å². The van der Waals surface area contributed by atoms with Crippen molar-refractivity contribution in [3.63, 3.8) is 0 Å². The Labute approximate surface area is 55.8 Å². The third-order valence-corrected chi connectivity index (χ3v) is 1.15. The second kappa shape index (κ2) is 3.45. The lowest BCUT2D eigenvalue weighted by Crippen LogP contribution is -2.42. The molecule has 0 spiro atoms. The SMILES string of the molecule is CCC(=O)N(N)C(C)C. The van der Waals surface area contributed by atoms with Gasteiger partial charge in [0, 0.05) is 12.5 Å². The van der Waals surface area contributed by atoms with Crippen LogP contribution < -0.4 is 5.84 Å². The molecule has 0 fully saturated rings. The van der Waals surface area contributed by atoms with Gasteiger partial charge in [-0.3, -0.25) is 9.80 Å². The first-order valence-corrected chi connectivity index (χ1v) is 3.16. The van der Waals surface area contributed by atoms with E-state index in [4.69, 9.17) is 5.84 Å². The molecular weight excluding hydrogens is 116 g/mol. The van der Waals surface area contributed by atoms with Crippen LogP contribution in [0.2, 0.25) is 0 Å². The number of hydrazine groups is 1. The van der Waals surface area contributed by atoms with E-state index in [0.29, 0.717) is 6.42 Å². The molecule has 0 bridgehead atoms. The minimum absolute atomic E-state index is 0.00926. The molecule has 0 aliphatic heterocycles. The molecule has 0 saturated heterocycles. The predicted octanol–water partition coefficient (Wildman–Crippen LogP) is 0.507. The molecule has 0 unspecified atom stereocenters. The molecule has 0 aromatic rings. The molecule has 0 radical (unpaired) electrons. The van der Waals surface area contributed by atoms with Gasteiger partial charge >= 0.3 is 0 Å². The van der Waals surface area contributed by atoms with Gasteiger partial charge in [0.1, 0.15) is 0 Å². The Morgan fingerprint density at radius 2 is 2.11 bits per heavy atom. The molecule has 0 heterocycles. The van der Waals surface area contributed by atoms with Crippen molar-refractivity contribution in [1.82, 2.24) is 5.01 Å². The van der Waals surface area contributed by atoms with Gasteiger partial charge in [0.2, 0.25) is 5.91 Å². The quantitative estimate of drug-likeness (QED) is 0.336. The Morgan fingerprint density at radius 1 is 1.67 bits per heavy atom. The number of rotatable bonds is 2. The van der Waals surface area contributed by atoms with Gasteiger partial charge in [-0.1, -0.05) is 6.92 Å². The second-order valence-electron chi connectivity index (χ2n) is 2.25. The number of nitrogens with zero attached hydrogens (tertiary/aromatic N) is 1. The fraction of sp³-hybridized carbons (Fsp3) is 0.833. The van der Waals surface area contributed by atoms with E-state index in [1.807, 2.05) is 13.8 Å². The zero-order chi connectivity index (χ0) is 7.44. The fourth-order valence-corrected chi connectivity index (χ4v) is 0.471. The summed E-state index contributed by atoms with van der Waals surface area (Å²) < 4.78 is 0. The van der Waals surface area contributed by atoms with Crippen LogP contribution in [0.15, 0.2) is 0 Å². The van der Waals surface area contributed by atoms with E-state index in [-0.39, 0.29) is 11.9 Å². The van der Waals surface area contributed by atoms with Crippen molar-refractivity contribution < 1.29 is 4.79 Å². The van der Waals surface area contributed by atoms with Gasteiger partial charge in [-0.05, 0) is 13.8 Å². The van der Waals surface area contributed by atoms with Gasteiger partial charge in [-0.25, -0.2) is 5.84 Å². The number of carbonyl (C=O) groups excluding carboxylic acids is 1. The van der Waals surface area contributed by atoms with E-state index >= 15 is 0 Å². The number of hydrogen-bond acceptors (Lipinski definition) is 2.